The highest BCUT2D eigenvalue weighted by Crippen LogP contribution is 2.42. The Kier molecular flexibility index (Phi) is 6.13. The number of halogens is 1. The van der Waals surface area contributed by atoms with E-state index in [0.29, 0.717) is 23.5 Å². The largest absolute Gasteiger partial charge is 0.310 e. The minimum absolute atomic E-state index is 0.272. The number of hydrogen-bond donors (Lipinski definition) is 1. The maximum atomic E-state index is 13.7. The van der Waals surface area contributed by atoms with E-state index in [1.54, 1.807) is 31.2 Å². The summed E-state index contributed by atoms with van der Waals surface area (Å²) in [7, 11) is 0. The number of carbonyl (C=O) groups excluding carboxylic acids is 2. The summed E-state index contributed by atoms with van der Waals surface area (Å²) in [6, 6.07) is 12.6. The minimum Gasteiger partial charge on any atom is -0.310 e. The summed E-state index contributed by atoms with van der Waals surface area (Å²) in [4.78, 5) is 32.3. The van der Waals surface area contributed by atoms with Gasteiger partial charge in [-0.25, -0.2) is 9.87 Å². The zero-order chi connectivity index (χ0) is 19.4. The van der Waals surface area contributed by atoms with Gasteiger partial charge in [0.15, 0.2) is 0 Å². The number of thioether (sulfide) groups is 1. The van der Waals surface area contributed by atoms with E-state index in [-0.39, 0.29) is 17.6 Å². The van der Waals surface area contributed by atoms with Crippen molar-refractivity contribution in [3.05, 3.63) is 71.0 Å². The highest BCUT2D eigenvalue weighted by molar-refractivity contribution is 7.99. The molecule has 1 fully saturated rings. The Labute approximate surface area is 161 Å². The summed E-state index contributed by atoms with van der Waals surface area (Å²) in [6.07, 6.45) is 0. The van der Waals surface area contributed by atoms with Gasteiger partial charge in [0.05, 0.1) is 6.61 Å². The maximum absolute atomic E-state index is 13.7. The SMILES string of the molecule is CCONC(=O)C1CSC(c2cccc(F)c2)N1C(=O)c1ccc(C)cc1. The number of nitrogens with zero attached hydrogens (tertiary/aromatic N) is 1. The van der Waals surface area contributed by atoms with E-state index in [0.717, 1.165) is 5.56 Å². The first-order valence-corrected chi connectivity index (χ1v) is 9.74. The number of benzene rings is 2. The number of nitrogens with one attached hydrogen (secondary N) is 1. The summed E-state index contributed by atoms with van der Waals surface area (Å²) >= 11 is 1.43. The van der Waals surface area contributed by atoms with Gasteiger partial charge in [-0.3, -0.25) is 14.4 Å². The van der Waals surface area contributed by atoms with Gasteiger partial charge in [-0.15, -0.1) is 11.8 Å². The van der Waals surface area contributed by atoms with Crippen LogP contribution in [0.5, 0.6) is 0 Å². The standard InChI is InChI=1S/C20H21FN2O3S/c1-3-26-22-18(24)17-12-27-20(15-5-4-6-16(21)11-15)23(17)19(25)14-9-7-13(2)8-10-14/h4-11,17,20H,3,12H2,1-2H3,(H,22,24). The third kappa shape index (κ3) is 4.31. The molecule has 7 heteroatoms. The van der Waals surface area contributed by atoms with Crippen LogP contribution in [0.4, 0.5) is 4.39 Å². The van der Waals surface area contributed by atoms with Gasteiger partial charge in [0.1, 0.15) is 17.2 Å². The third-order valence-corrected chi connectivity index (χ3v) is 5.61. The monoisotopic (exact) mass is 388 g/mol. The Balaban J connectivity index is 1.94. The van der Waals surface area contributed by atoms with Gasteiger partial charge in [-0.1, -0.05) is 29.8 Å². The zero-order valence-electron chi connectivity index (χ0n) is 15.1. The Morgan fingerprint density at radius 2 is 2.00 bits per heavy atom. The van der Waals surface area contributed by atoms with Crippen LogP contribution in [0.25, 0.3) is 0 Å². The molecule has 142 valence electrons. The van der Waals surface area contributed by atoms with Gasteiger partial charge in [0, 0.05) is 11.3 Å². The second kappa shape index (κ2) is 8.54. The van der Waals surface area contributed by atoms with Crippen LogP contribution >= 0.6 is 11.8 Å². The van der Waals surface area contributed by atoms with Crippen molar-refractivity contribution >= 4 is 23.6 Å². The molecule has 0 bridgehead atoms. The average molecular weight is 388 g/mol. The highest BCUT2D eigenvalue weighted by Gasteiger charge is 2.42. The van der Waals surface area contributed by atoms with E-state index in [1.165, 1.54) is 28.8 Å². The molecule has 0 saturated carbocycles. The van der Waals surface area contributed by atoms with E-state index < -0.39 is 11.4 Å². The molecule has 3 rings (SSSR count). The number of rotatable bonds is 5. The van der Waals surface area contributed by atoms with Crippen LogP contribution in [0.3, 0.4) is 0 Å². The van der Waals surface area contributed by atoms with Crippen molar-refractivity contribution in [2.24, 2.45) is 0 Å². The predicted octanol–water partition coefficient (Wildman–Crippen LogP) is 3.46. The zero-order valence-corrected chi connectivity index (χ0v) is 16.0. The van der Waals surface area contributed by atoms with Gasteiger partial charge in [-0.2, -0.15) is 0 Å². The lowest BCUT2D eigenvalue weighted by Gasteiger charge is -2.29. The lowest BCUT2D eigenvalue weighted by molar-refractivity contribution is -0.137. The Morgan fingerprint density at radius 1 is 1.26 bits per heavy atom. The molecular formula is C20H21FN2O3S. The molecule has 0 aromatic heterocycles. The summed E-state index contributed by atoms with van der Waals surface area (Å²) in [5.41, 5.74) is 4.55. The van der Waals surface area contributed by atoms with Crippen LogP contribution in [0, 0.1) is 12.7 Å². The maximum Gasteiger partial charge on any atom is 0.267 e. The van der Waals surface area contributed by atoms with Crippen molar-refractivity contribution in [3.63, 3.8) is 0 Å². The van der Waals surface area contributed by atoms with Crippen molar-refractivity contribution in [2.75, 3.05) is 12.4 Å². The molecular weight excluding hydrogens is 367 g/mol. The van der Waals surface area contributed by atoms with E-state index in [1.807, 2.05) is 19.1 Å². The second-order valence-corrected chi connectivity index (χ2v) is 7.35. The minimum atomic E-state index is -0.705. The molecule has 5 nitrogen and oxygen atoms in total. The quantitative estimate of drug-likeness (QED) is 0.797. The van der Waals surface area contributed by atoms with Crippen LogP contribution in [-0.4, -0.2) is 35.1 Å². The van der Waals surface area contributed by atoms with Crippen LogP contribution in [0.2, 0.25) is 0 Å². The number of carbonyl (C=O) groups is 2. The Morgan fingerprint density at radius 3 is 2.67 bits per heavy atom. The number of hydroxylamine groups is 1. The van der Waals surface area contributed by atoms with Gasteiger partial charge < -0.3 is 4.90 Å². The third-order valence-electron chi connectivity index (χ3n) is 4.29. The first kappa shape index (κ1) is 19.4. The van der Waals surface area contributed by atoms with Crippen molar-refractivity contribution < 1.29 is 18.8 Å². The molecule has 1 aliphatic heterocycles. The molecule has 1 saturated heterocycles. The first-order chi connectivity index (χ1) is 13.0. The van der Waals surface area contributed by atoms with E-state index in [9.17, 15) is 14.0 Å². The average Bonchev–Trinajstić information content (AvgIpc) is 3.11. The molecule has 2 atom stereocenters. The van der Waals surface area contributed by atoms with Crippen molar-refractivity contribution in [1.82, 2.24) is 10.4 Å². The molecule has 1 aliphatic rings. The molecule has 0 aliphatic carbocycles. The van der Waals surface area contributed by atoms with Gasteiger partial charge in [0.25, 0.3) is 11.8 Å². The Hall–Kier alpha value is -2.38. The fraction of sp³-hybridized carbons (Fsp3) is 0.300. The fourth-order valence-electron chi connectivity index (χ4n) is 2.93. The lowest BCUT2D eigenvalue weighted by Crippen LogP contribution is -2.48. The van der Waals surface area contributed by atoms with Crippen LogP contribution in [-0.2, 0) is 9.63 Å². The first-order valence-electron chi connectivity index (χ1n) is 8.69. The predicted molar refractivity (Wildman–Crippen MR) is 103 cm³/mol. The molecule has 2 amide bonds. The van der Waals surface area contributed by atoms with Gasteiger partial charge in [0.2, 0.25) is 0 Å². The number of amides is 2. The number of aryl methyl sites for hydroxylation is 1. The highest BCUT2D eigenvalue weighted by atomic mass is 32.2. The van der Waals surface area contributed by atoms with Crippen molar-refractivity contribution in [2.45, 2.75) is 25.3 Å². The van der Waals surface area contributed by atoms with Crippen molar-refractivity contribution in [3.8, 4) is 0 Å². The lowest BCUT2D eigenvalue weighted by atomic mass is 10.1. The van der Waals surface area contributed by atoms with E-state index >= 15 is 0 Å². The van der Waals surface area contributed by atoms with Gasteiger partial charge in [-0.05, 0) is 43.7 Å². The molecule has 2 unspecified atom stereocenters. The Bertz CT molecular complexity index is 828. The second-order valence-electron chi connectivity index (χ2n) is 6.23. The van der Waals surface area contributed by atoms with Gasteiger partial charge >= 0.3 is 0 Å². The summed E-state index contributed by atoms with van der Waals surface area (Å²) in [6.45, 7) is 4.02. The molecule has 0 radical (unpaired) electrons. The molecule has 0 spiro atoms. The molecule has 1 heterocycles. The fourth-order valence-corrected chi connectivity index (χ4v) is 4.35. The van der Waals surface area contributed by atoms with Crippen LogP contribution in [0.1, 0.15) is 33.8 Å². The summed E-state index contributed by atoms with van der Waals surface area (Å²) in [5, 5.41) is -0.452. The normalized spacial score (nSPS) is 19.1. The molecule has 1 N–H and O–H groups in total. The molecule has 2 aromatic carbocycles. The van der Waals surface area contributed by atoms with Crippen molar-refractivity contribution in [1.29, 1.82) is 0 Å². The van der Waals surface area contributed by atoms with Crippen LogP contribution < -0.4 is 5.48 Å². The summed E-state index contributed by atoms with van der Waals surface area (Å²) in [5.74, 6) is -0.634. The van der Waals surface area contributed by atoms with E-state index in [2.05, 4.69) is 5.48 Å². The summed E-state index contributed by atoms with van der Waals surface area (Å²) < 4.78 is 13.7. The van der Waals surface area contributed by atoms with E-state index in [4.69, 9.17) is 4.84 Å². The number of hydrogen-bond acceptors (Lipinski definition) is 4. The van der Waals surface area contributed by atoms with Crippen LogP contribution in [0.15, 0.2) is 48.5 Å². The topological polar surface area (TPSA) is 58.6 Å². The molecule has 2 aromatic rings. The molecule has 27 heavy (non-hydrogen) atoms. The smallest absolute Gasteiger partial charge is 0.267 e.